The molecular formula is C15H19N3O2. The smallest absolute Gasteiger partial charge is 0.227 e. The van der Waals surface area contributed by atoms with E-state index in [2.05, 4.69) is 9.97 Å². The molecule has 5 heteroatoms. The van der Waals surface area contributed by atoms with Crippen LogP contribution in [0.5, 0.6) is 17.4 Å². The number of nitrogens with zero attached hydrogens (tertiary/aromatic N) is 2. The molecule has 1 aromatic carbocycles. The lowest BCUT2D eigenvalue weighted by molar-refractivity contribution is 0.406. The van der Waals surface area contributed by atoms with E-state index in [9.17, 15) is 0 Å². The predicted octanol–water partition coefficient (Wildman–Crippen LogP) is 3.29. The van der Waals surface area contributed by atoms with E-state index < -0.39 is 0 Å². The van der Waals surface area contributed by atoms with Gasteiger partial charge < -0.3 is 15.2 Å². The Morgan fingerprint density at radius 3 is 2.50 bits per heavy atom. The summed E-state index contributed by atoms with van der Waals surface area (Å²) in [4.78, 5) is 8.70. The lowest BCUT2D eigenvalue weighted by Gasteiger charge is -2.13. The number of methoxy groups -OCH3 is 1. The van der Waals surface area contributed by atoms with Crippen LogP contribution in [0.4, 0.5) is 5.82 Å². The Kier molecular flexibility index (Phi) is 4.08. The highest BCUT2D eigenvalue weighted by atomic mass is 16.5. The van der Waals surface area contributed by atoms with Gasteiger partial charge in [0.1, 0.15) is 23.1 Å². The summed E-state index contributed by atoms with van der Waals surface area (Å²) in [5.74, 6) is 3.17. The lowest BCUT2D eigenvalue weighted by Crippen LogP contribution is -2.06. The standard InChI is InChI=1S/C15H19N3O2/c1-9(2)14-17-13(16)10(3)15(18-14)20-12-7-5-6-11(8-12)19-4/h5-9H,1-4H3,(H2,16,17,18). The van der Waals surface area contributed by atoms with Crippen molar-refractivity contribution >= 4 is 5.82 Å². The van der Waals surface area contributed by atoms with E-state index in [1.165, 1.54) is 0 Å². The Morgan fingerprint density at radius 2 is 1.85 bits per heavy atom. The molecule has 20 heavy (non-hydrogen) atoms. The highest BCUT2D eigenvalue weighted by Crippen LogP contribution is 2.29. The molecule has 2 N–H and O–H groups in total. The molecule has 0 radical (unpaired) electrons. The first-order valence-electron chi connectivity index (χ1n) is 6.47. The zero-order valence-corrected chi connectivity index (χ0v) is 12.2. The van der Waals surface area contributed by atoms with Crippen molar-refractivity contribution in [2.45, 2.75) is 26.7 Å². The van der Waals surface area contributed by atoms with Crippen molar-refractivity contribution in [2.24, 2.45) is 0 Å². The molecule has 0 saturated heterocycles. The van der Waals surface area contributed by atoms with Gasteiger partial charge in [-0.15, -0.1) is 0 Å². The van der Waals surface area contributed by atoms with Crippen LogP contribution < -0.4 is 15.2 Å². The first kappa shape index (κ1) is 14.1. The molecule has 0 aliphatic heterocycles. The van der Waals surface area contributed by atoms with E-state index in [0.29, 0.717) is 23.3 Å². The van der Waals surface area contributed by atoms with E-state index in [1.807, 2.05) is 39.0 Å². The Bertz CT molecular complexity index is 612. The van der Waals surface area contributed by atoms with Crippen LogP contribution in [0.15, 0.2) is 24.3 Å². The molecule has 2 aromatic rings. The maximum Gasteiger partial charge on any atom is 0.227 e. The highest BCUT2D eigenvalue weighted by molar-refractivity contribution is 5.46. The minimum absolute atomic E-state index is 0.186. The van der Waals surface area contributed by atoms with Gasteiger partial charge in [-0.1, -0.05) is 19.9 Å². The topological polar surface area (TPSA) is 70.3 Å². The second kappa shape index (κ2) is 5.77. The van der Waals surface area contributed by atoms with Crippen LogP contribution in [0.3, 0.4) is 0 Å². The molecule has 1 heterocycles. The van der Waals surface area contributed by atoms with Gasteiger partial charge in [0.25, 0.3) is 0 Å². The average molecular weight is 273 g/mol. The van der Waals surface area contributed by atoms with Crippen molar-refractivity contribution in [2.75, 3.05) is 12.8 Å². The fourth-order valence-corrected chi connectivity index (χ4v) is 1.66. The fraction of sp³-hybridized carbons (Fsp3) is 0.333. The molecule has 0 atom stereocenters. The van der Waals surface area contributed by atoms with E-state index in [4.69, 9.17) is 15.2 Å². The monoisotopic (exact) mass is 273 g/mol. The second-order valence-corrected chi connectivity index (χ2v) is 4.83. The number of hydrogen-bond donors (Lipinski definition) is 1. The van der Waals surface area contributed by atoms with Crippen molar-refractivity contribution in [1.29, 1.82) is 0 Å². The molecule has 0 aliphatic carbocycles. The van der Waals surface area contributed by atoms with Gasteiger partial charge in [0.15, 0.2) is 0 Å². The number of hydrogen-bond acceptors (Lipinski definition) is 5. The number of aromatic nitrogens is 2. The van der Waals surface area contributed by atoms with Crippen molar-refractivity contribution in [1.82, 2.24) is 9.97 Å². The van der Waals surface area contributed by atoms with Crippen LogP contribution in [0, 0.1) is 6.92 Å². The maximum atomic E-state index is 5.91. The van der Waals surface area contributed by atoms with Crippen LogP contribution in [0.1, 0.15) is 31.2 Å². The molecule has 2 rings (SSSR count). The zero-order chi connectivity index (χ0) is 14.7. The van der Waals surface area contributed by atoms with Crippen LogP contribution in [-0.4, -0.2) is 17.1 Å². The summed E-state index contributed by atoms with van der Waals surface area (Å²) in [5, 5.41) is 0. The van der Waals surface area contributed by atoms with Gasteiger partial charge in [-0.3, -0.25) is 0 Å². The van der Waals surface area contributed by atoms with E-state index in [-0.39, 0.29) is 5.92 Å². The molecular weight excluding hydrogens is 254 g/mol. The van der Waals surface area contributed by atoms with Gasteiger partial charge in [0.2, 0.25) is 5.88 Å². The third-order valence-corrected chi connectivity index (χ3v) is 2.93. The van der Waals surface area contributed by atoms with Crippen molar-refractivity contribution < 1.29 is 9.47 Å². The third kappa shape index (κ3) is 2.99. The van der Waals surface area contributed by atoms with Crippen LogP contribution in [-0.2, 0) is 0 Å². The van der Waals surface area contributed by atoms with Gasteiger partial charge in [0, 0.05) is 12.0 Å². The molecule has 1 aromatic heterocycles. The molecule has 0 fully saturated rings. The van der Waals surface area contributed by atoms with Gasteiger partial charge in [-0.2, -0.15) is 4.98 Å². The molecule has 0 saturated carbocycles. The number of rotatable bonds is 4. The Morgan fingerprint density at radius 1 is 1.15 bits per heavy atom. The average Bonchev–Trinajstić information content (AvgIpc) is 2.43. The van der Waals surface area contributed by atoms with Crippen LogP contribution >= 0.6 is 0 Å². The Labute approximate surface area is 118 Å². The van der Waals surface area contributed by atoms with E-state index in [1.54, 1.807) is 13.2 Å². The van der Waals surface area contributed by atoms with Gasteiger partial charge in [-0.05, 0) is 19.1 Å². The van der Waals surface area contributed by atoms with Gasteiger partial charge >= 0.3 is 0 Å². The maximum absolute atomic E-state index is 5.91. The highest BCUT2D eigenvalue weighted by Gasteiger charge is 2.13. The van der Waals surface area contributed by atoms with Crippen molar-refractivity contribution in [3.63, 3.8) is 0 Å². The first-order chi connectivity index (χ1) is 9.51. The quantitative estimate of drug-likeness (QED) is 0.925. The molecule has 0 amide bonds. The molecule has 0 spiro atoms. The summed E-state index contributed by atoms with van der Waals surface area (Å²) >= 11 is 0. The molecule has 106 valence electrons. The number of ether oxygens (including phenoxy) is 2. The minimum Gasteiger partial charge on any atom is -0.497 e. The van der Waals surface area contributed by atoms with E-state index >= 15 is 0 Å². The molecule has 5 nitrogen and oxygen atoms in total. The van der Waals surface area contributed by atoms with Crippen LogP contribution in [0.2, 0.25) is 0 Å². The molecule has 0 aliphatic rings. The second-order valence-electron chi connectivity index (χ2n) is 4.83. The summed E-state index contributed by atoms with van der Waals surface area (Å²) in [7, 11) is 1.61. The summed E-state index contributed by atoms with van der Waals surface area (Å²) in [5.41, 5.74) is 6.65. The minimum atomic E-state index is 0.186. The number of anilines is 1. The summed E-state index contributed by atoms with van der Waals surface area (Å²) < 4.78 is 11.0. The number of benzene rings is 1. The molecule has 0 bridgehead atoms. The summed E-state index contributed by atoms with van der Waals surface area (Å²) in [6, 6.07) is 7.35. The van der Waals surface area contributed by atoms with Crippen molar-refractivity contribution in [3.05, 3.63) is 35.7 Å². The zero-order valence-electron chi connectivity index (χ0n) is 12.2. The SMILES string of the molecule is COc1cccc(Oc2nc(C(C)C)nc(N)c2C)c1. The number of nitrogen functional groups attached to an aromatic ring is 1. The largest absolute Gasteiger partial charge is 0.497 e. The van der Waals surface area contributed by atoms with E-state index in [0.717, 1.165) is 11.3 Å². The lowest BCUT2D eigenvalue weighted by atomic mass is 10.2. The third-order valence-electron chi connectivity index (χ3n) is 2.93. The summed E-state index contributed by atoms with van der Waals surface area (Å²) in [6.07, 6.45) is 0. The Balaban J connectivity index is 2.37. The molecule has 0 unspecified atom stereocenters. The fourth-order valence-electron chi connectivity index (χ4n) is 1.66. The first-order valence-corrected chi connectivity index (χ1v) is 6.47. The van der Waals surface area contributed by atoms with Gasteiger partial charge in [-0.25, -0.2) is 4.98 Å². The summed E-state index contributed by atoms with van der Waals surface area (Å²) in [6.45, 7) is 5.87. The normalized spacial score (nSPS) is 10.7. The predicted molar refractivity (Wildman–Crippen MR) is 78.3 cm³/mol. The Hall–Kier alpha value is -2.30. The number of nitrogens with two attached hydrogens (primary N) is 1. The van der Waals surface area contributed by atoms with Crippen molar-refractivity contribution in [3.8, 4) is 17.4 Å². The van der Waals surface area contributed by atoms with Crippen LogP contribution in [0.25, 0.3) is 0 Å². The van der Waals surface area contributed by atoms with Gasteiger partial charge in [0.05, 0.1) is 12.7 Å².